The van der Waals surface area contributed by atoms with Gasteiger partial charge < -0.3 is 14.6 Å². The molecule has 1 N–H and O–H groups in total. The number of furan rings is 1. The highest BCUT2D eigenvalue weighted by molar-refractivity contribution is 6.13. The van der Waals surface area contributed by atoms with Crippen LogP contribution in [0.15, 0.2) is 52.9 Å². The number of pyridine rings is 1. The van der Waals surface area contributed by atoms with Crippen LogP contribution >= 0.6 is 0 Å². The maximum atomic E-state index is 6.15. The first-order valence-corrected chi connectivity index (χ1v) is 8.82. The quantitative estimate of drug-likeness (QED) is 0.510. The maximum Gasteiger partial charge on any atom is 0.177 e. The number of benzene rings is 2. The molecule has 0 aliphatic rings. The van der Waals surface area contributed by atoms with Gasteiger partial charge in [-0.05, 0) is 51.7 Å². The van der Waals surface area contributed by atoms with Crippen LogP contribution in [0.4, 0.5) is 5.69 Å². The molecule has 0 fully saturated rings. The van der Waals surface area contributed by atoms with E-state index in [0.717, 1.165) is 58.2 Å². The number of anilines is 1. The van der Waals surface area contributed by atoms with E-state index in [-0.39, 0.29) is 0 Å². The second kappa shape index (κ2) is 6.73. The van der Waals surface area contributed by atoms with Crippen LogP contribution in [0.25, 0.3) is 33.0 Å². The zero-order valence-electron chi connectivity index (χ0n) is 14.7. The van der Waals surface area contributed by atoms with Crippen molar-refractivity contribution in [1.29, 1.82) is 0 Å². The van der Waals surface area contributed by atoms with E-state index < -0.39 is 0 Å². The maximum absolute atomic E-state index is 6.15. The molecule has 4 nitrogen and oxygen atoms in total. The van der Waals surface area contributed by atoms with Crippen LogP contribution < -0.4 is 5.32 Å². The molecule has 0 aliphatic carbocycles. The molecule has 128 valence electrons. The number of nitrogens with one attached hydrogen (secondary N) is 1. The summed E-state index contributed by atoms with van der Waals surface area (Å²) in [5, 5.41) is 5.79. The minimum absolute atomic E-state index is 0.854. The highest BCUT2D eigenvalue weighted by Crippen LogP contribution is 2.36. The number of unbranched alkanes of at least 4 members (excludes halogenated alkanes) is 1. The molecule has 0 unspecified atom stereocenters. The Morgan fingerprint density at radius 1 is 0.960 bits per heavy atom. The van der Waals surface area contributed by atoms with Crippen LogP contribution in [0.2, 0.25) is 0 Å². The van der Waals surface area contributed by atoms with E-state index >= 15 is 0 Å². The molecule has 0 atom stereocenters. The van der Waals surface area contributed by atoms with Gasteiger partial charge in [-0.2, -0.15) is 0 Å². The molecule has 2 aromatic carbocycles. The summed E-state index contributed by atoms with van der Waals surface area (Å²) in [6.07, 6.45) is 2.29. The van der Waals surface area contributed by atoms with Crippen molar-refractivity contribution in [2.75, 3.05) is 32.5 Å². The van der Waals surface area contributed by atoms with Gasteiger partial charge in [0, 0.05) is 17.3 Å². The first-order valence-electron chi connectivity index (χ1n) is 8.82. The number of nitrogens with zero attached hydrogens (tertiary/aromatic N) is 2. The number of para-hydroxylation sites is 2. The molecule has 0 amide bonds. The Labute approximate surface area is 147 Å². The Morgan fingerprint density at radius 2 is 1.72 bits per heavy atom. The van der Waals surface area contributed by atoms with Crippen molar-refractivity contribution in [1.82, 2.24) is 9.88 Å². The molecule has 2 aromatic heterocycles. The van der Waals surface area contributed by atoms with Crippen LogP contribution in [-0.4, -0.2) is 37.1 Å². The fraction of sp³-hybridized carbons (Fsp3) is 0.286. The van der Waals surface area contributed by atoms with Crippen LogP contribution in [-0.2, 0) is 0 Å². The van der Waals surface area contributed by atoms with Crippen molar-refractivity contribution >= 4 is 38.7 Å². The zero-order valence-corrected chi connectivity index (χ0v) is 14.7. The van der Waals surface area contributed by atoms with Crippen molar-refractivity contribution < 1.29 is 4.42 Å². The lowest BCUT2D eigenvalue weighted by atomic mass is 10.1. The van der Waals surface area contributed by atoms with Gasteiger partial charge in [0.1, 0.15) is 11.1 Å². The Bertz CT molecular complexity index is 1020. The van der Waals surface area contributed by atoms with Crippen LogP contribution in [0.3, 0.4) is 0 Å². The van der Waals surface area contributed by atoms with E-state index in [2.05, 4.69) is 48.6 Å². The monoisotopic (exact) mass is 333 g/mol. The second-order valence-corrected chi connectivity index (χ2v) is 6.72. The minimum atomic E-state index is 0.854. The summed E-state index contributed by atoms with van der Waals surface area (Å²) in [7, 11) is 4.23. The molecule has 0 saturated heterocycles. The molecule has 0 aliphatic heterocycles. The van der Waals surface area contributed by atoms with Gasteiger partial charge in [0.15, 0.2) is 5.58 Å². The fourth-order valence-corrected chi connectivity index (χ4v) is 3.28. The largest absolute Gasteiger partial charge is 0.452 e. The molecule has 0 radical (unpaired) electrons. The van der Waals surface area contributed by atoms with Gasteiger partial charge in [-0.15, -0.1) is 0 Å². The summed E-state index contributed by atoms with van der Waals surface area (Å²) in [5.74, 6) is 0. The van der Waals surface area contributed by atoms with Crippen molar-refractivity contribution in [3.8, 4) is 0 Å². The molecular formula is C21H23N3O. The summed E-state index contributed by atoms with van der Waals surface area (Å²) in [5.41, 5.74) is 4.73. The average molecular weight is 333 g/mol. The van der Waals surface area contributed by atoms with Gasteiger partial charge in [-0.3, -0.25) is 0 Å². The van der Waals surface area contributed by atoms with Crippen molar-refractivity contribution in [3.63, 3.8) is 0 Å². The lowest BCUT2D eigenvalue weighted by Gasteiger charge is -2.12. The fourth-order valence-electron chi connectivity index (χ4n) is 3.28. The van der Waals surface area contributed by atoms with Gasteiger partial charge in [0.05, 0.1) is 11.2 Å². The predicted molar refractivity (Wildman–Crippen MR) is 105 cm³/mol. The van der Waals surface area contributed by atoms with Gasteiger partial charge in [0.2, 0.25) is 0 Å². The van der Waals surface area contributed by atoms with Crippen molar-refractivity contribution in [2.45, 2.75) is 12.8 Å². The molecule has 0 bridgehead atoms. The standard InChI is InChI=1S/C21H23N3O/c1-24(2)14-8-7-13-22-19-15-9-3-5-11-17(15)23-20-16-10-4-6-12-18(16)25-21(19)20/h3-6,9-12H,7-8,13-14H2,1-2H3,(H,22,23). The van der Waals surface area contributed by atoms with Crippen LogP contribution in [0.1, 0.15) is 12.8 Å². The third-order valence-electron chi connectivity index (χ3n) is 4.54. The summed E-state index contributed by atoms with van der Waals surface area (Å²) in [4.78, 5) is 7.08. The SMILES string of the molecule is CN(C)CCCCNc1c2ccccc2nc2c1oc1ccccc12. The zero-order chi connectivity index (χ0) is 17.2. The summed E-state index contributed by atoms with van der Waals surface area (Å²) in [6, 6.07) is 16.4. The van der Waals surface area contributed by atoms with Gasteiger partial charge in [0.25, 0.3) is 0 Å². The second-order valence-electron chi connectivity index (χ2n) is 6.72. The molecular weight excluding hydrogens is 310 g/mol. The number of fused-ring (bicyclic) bond motifs is 4. The predicted octanol–water partition coefficient (Wildman–Crippen LogP) is 4.89. The van der Waals surface area contributed by atoms with E-state index in [0.29, 0.717) is 0 Å². The normalized spacial score (nSPS) is 11.8. The van der Waals surface area contributed by atoms with Gasteiger partial charge >= 0.3 is 0 Å². The Kier molecular flexibility index (Phi) is 4.28. The van der Waals surface area contributed by atoms with Crippen molar-refractivity contribution in [2.24, 2.45) is 0 Å². The molecule has 25 heavy (non-hydrogen) atoms. The first-order chi connectivity index (χ1) is 12.2. The number of aromatic nitrogens is 1. The summed E-state index contributed by atoms with van der Waals surface area (Å²) in [6.45, 7) is 2.03. The Morgan fingerprint density at radius 3 is 2.56 bits per heavy atom. The minimum Gasteiger partial charge on any atom is -0.452 e. The third-order valence-corrected chi connectivity index (χ3v) is 4.54. The lowest BCUT2D eigenvalue weighted by Crippen LogP contribution is -2.14. The molecule has 0 saturated carbocycles. The van der Waals surface area contributed by atoms with E-state index in [4.69, 9.17) is 9.40 Å². The number of hydrogen-bond donors (Lipinski definition) is 1. The molecule has 0 spiro atoms. The van der Waals surface area contributed by atoms with Crippen LogP contribution in [0.5, 0.6) is 0 Å². The highest BCUT2D eigenvalue weighted by atomic mass is 16.3. The number of hydrogen-bond acceptors (Lipinski definition) is 4. The third kappa shape index (κ3) is 3.05. The highest BCUT2D eigenvalue weighted by Gasteiger charge is 2.15. The van der Waals surface area contributed by atoms with Crippen molar-refractivity contribution in [3.05, 3.63) is 48.5 Å². The lowest BCUT2D eigenvalue weighted by molar-refractivity contribution is 0.396. The van der Waals surface area contributed by atoms with E-state index in [1.54, 1.807) is 0 Å². The topological polar surface area (TPSA) is 41.3 Å². The molecule has 2 heterocycles. The summed E-state index contributed by atoms with van der Waals surface area (Å²) >= 11 is 0. The first kappa shape index (κ1) is 15.9. The van der Waals surface area contributed by atoms with Crippen LogP contribution in [0, 0.1) is 0 Å². The Hall–Kier alpha value is -2.59. The smallest absolute Gasteiger partial charge is 0.177 e. The molecule has 4 aromatic rings. The molecule has 4 heteroatoms. The van der Waals surface area contributed by atoms with Gasteiger partial charge in [-0.1, -0.05) is 30.3 Å². The number of rotatable bonds is 6. The average Bonchev–Trinajstić information content (AvgIpc) is 2.99. The summed E-state index contributed by atoms with van der Waals surface area (Å²) < 4.78 is 6.15. The van der Waals surface area contributed by atoms with E-state index in [9.17, 15) is 0 Å². The molecule has 4 rings (SSSR count). The van der Waals surface area contributed by atoms with Gasteiger partial charge in [-0.25, -0.2) is 4.98 Å². The van der Waals surface area contributed by atoms with E-state index in [1.165, 1.54) is 6.42 Å². The Balaban J connectivity index is 1.76. The van der Waals surface area contributed by atoms with E-state index in [1.807, 2.05) is 24.3 Å².